The number of carbonyl (C=O) groups is 1. The number of aromatic nitrogens is 2. The van der Waals surface area contributed by atoms with Crippen LogP contribution >= 0.6 is 11.6 Å². The standard InChI is InChI=1S/C11H18ClN3O2/c1-9-10(8-14-15(9)2)11(16)13-5-3-6-17-7-4-12/h8H,3-7H2,1-2H3,(H,13,16). The first-order valence-electron chi connectivity index (χ1n) is 5.57. The quantitative estimate of drug-likeness (QED) is 0.589. The Morgan fingerprint density at radius 2 is 2.35 bits per heavy atom. The second-order valence-corrected chi connectivity index (χ2v) is 4.06. The van der Waals surface area contributed by atoms with Crippen molar-refractivity contribution in [2.45, 2.75) is 13.3 Å². The predicted molar refractivity (Wildman–Crippen MR) is 66.4 cm³/mol. The maximum atomic E-state index is 11.7. The lowest BCUT2D eigenvalue weighted by molar-refractivity contribution is 0.0944. The van der Waals surface area contributed by atoms with Crippen molar-refractivity contribution in [2.75, 3.05) is 25.6 Å². The summed E-state index contributed by atoms with van der Waals surface area (Å²) >= 11 is 5.46. The number of hydrogen-bond donors (Lipinski definition) is 1. The molecule has 1 amide bonds. The van der Waals surface area contributed by atoms with Crippen LogP contribution in [0.4, 0.5) is 0 Å². The van der Waals surface area contributed by atoms with Gasteiger partial charge >= 0.3 is 0 Å². The zero-order valence-corrected chi connectivity index (χ0v) is 11.0. The first kappa shape index (κ1) is 14.0. The van der Waals surface area contributed by atoms with E-state index in [2.05, 4.69) is 10.4 Å². The number of aryl methyl sites for hydroxylation is 1. The molecular formula is C11H18ClN3O2. The Bertz CT molecular complexity index is 366. The molecule has 17 heavy (non-hydrogen) atoms. The van der Waals surface area contributed by atoms with Crippen molar-refractivity contribution in [1.82, 2.24) is 15.1 Å². The summed E-state index contributed by atoms with van der Waals surface area (Å²) in [6.07, 6.45) is 2.36. The van der Waals surface area contributed by atoms with Crippen LogP contribution in [0.1, 0.15) is 22.5 Å². The molecule has 1 aromatic rings. The Morgan fingerprint density at radius 3 is 2.94 bits per heavy atom. The molecule has 0 atom stereocenters. The van der Waals surface area contributed by atoms with Crippen molar-refractivity contribution in [3.8, 4) is 0 Å². The number of alkyl halides is 1. The number of amides is 1. The van der Waals surface area contributed by atoms with Crippen molar-refractivity contribution in [2.24, 2.45) is 7.05 Å². The van der Waals surface area contributed by atoms with Crippen LogP contribution in [0, 0.1) is 6.92 Å². The van der Waals surface area contributed by atoms with Crippen molar-refractivity contribution in [3.05, 3.63) is 17.5 Å². The van der Waals surface area contributed by atoms with E-state index < -0.39 is 0 Å². The molecule has 0 spiro atoms. The third-order valence-corrected chi connectivity index (χ3v) is 2.61. The van der Waals surface area contributed by atoms with Gasteiger partial charge in [0.05, 0.1) is 18.4 Å². The van der Waals surface area contributed by atoms with Gasteiger partial charge in [0.15, 0.2) is 0 Å². The molecule has 1 rings (SSSR count). The lowest BCUT2D eigenvalue weighted by atomic mass is 10.2. The van der Waals surface area contributed by atoms with Crippen LogP contribution in [-0.4, -0.2) is 41.3 Å². The Morgan fingerprint density at radius 1 is 1.59 bits per heavy atom. The molecule has 1 N–H and O–H groups in total. The fourth-order valence-corrected chi connectivity index (χ4v) is 1.46. The van der Waals surface area contributed by atoms with Crippen molar-refractivity contribution in [3.63, 3.8) is 0 Å². The van der Waals surface area contributed by atoms with Gasteiger partial charge in [0, 0.05) is 31.8 Å². The molecule has 1 aromatic heterocycles. The van der Waals surface area contributed by atoms with Gasteiger partial charge in [-0.15, -0.1) is 11.6 Å². The monoisotopic (exact) mass is 259 g/mol. The number of hydrogen-bond acceptors (Lipinski definition) is 3. The molecule has 0 saturated heterocycles. The summed E-state index contributed by atoms with van der Waals surface area (Å²) in [5, 5.41) is 6.85. The number of rotatable bonds is 7. The zero-order chi connectivity index (χ0) is 12.7. The van der Waals surface area contributed by atoms with E-state index in [9.17, 15) is 4.79 Å². The molecule has 0 radical (unpaired) electrons. The second kappa shape index (κ2) is 7.29. The molecule has 0 fully saturated rings. The molecule has 6 heteroatoms. The third kappa shape index (κ3) is 4.36. The highest BCUT2D eigenvalue weighted by Crippen LogP contribution is 2.04. The maximum Gasteiger partial charge on any atom is 0.254 e. The highest BCUT2D eigenvalue weighted by Gasteiger charge is 2.11. The number of carbonyl (C=O) groups excluding carboxylic acids is 1. The lowest BCUT2D eigenvalue weighted by Gasteiger charge is -2.05. The first-order chi connectivity index (χ1) is 8.16. The molecule has 0 aliphatic rings. The van der Waals surface area contributed by atoms with Gasteiger partial charge in [0.25, 0.3) is 5.91 Å². The summed E-state index contributed by atoms with van der Waals surface area (Å²) in [6, 6.07) is 0. The molecule has 96 valence electrons. The van der Waals surface area contributed by atoms with Gasteiger partial charge in [-0.25, -0.2) is 0 Å². The van der Waals surface area contributed by atoms with Gasteiger partial charge in [-0.2, -0.15) is 5.10 Å². The number of ether oxygens (including phenoxy) is 1. The molecule has 0 aliphatic heterocycles. The maximum absolute atomic E-state index is 11.7. The largest absolute Gasteiger partial charge is 0.380 e. The fraction of sp³-hybridized carbons (Fsp3) is 0.636. The van der Waals surface area contributed by atoms with Gasteiger partial charge in [0.2, 0.25) is 0 Å². The molecule has 0 saturated carbocycles. The molecule has 0 aliphatic carbocycles. The highest BCUT2D eigenvalue weighted by atomic mass is 35.5. The van der Waals surface area contributed by atoms with Crippen molar-refractivity contribution in [1.29, 1.82) is 0 Å². The Balaban J connectivity index is 2.24. The Hall–Kier alpha value is -1.07. The zero-order valence-electron chi connectivity index (χ0n) is 10.2. The molecular weight excluding hydrogens is 242 g/mol. The summed E-state index contributed by atoms with van der Waals surface area (Å²) in [5.74, 6) is 0.411. The van der Waals surface area contributed by atoms with Crippen LogP contribution in [0.15, 0.2) is 6.20 Å². The topological polar surface area (TPSA) is 56.1 Å². The van der Waals surface area contributed by atoms with Crippen LogP contribution in [0.5, 0.6) is 0 Å². The average molecular weight is 260 g/mol. The van der Waals surface area contributed by atoms with E-state index in [-0.39, 0.29) is 5.91 Å². The van der Waals surface area contributed by atoms with E-state index in [0.717, 1.165) is 12.1 Å². The molecule has 5 nitrogen and oxygen atoms in total. The summed E-state index contributed by atoms with van der Waals surface area (Å²) in [5.41, 5.74) is 1.48. The Labute approximate surface area is 106 Å². The Kier molecular flexibility index (Phi) is 6.00. The minimum Gasteiger partial charge on any atom is -0.380 e. The van der Waals surface area contributed by atoms with E-state index in [1.807, 2.05) is 14.0 Å². The summed E-state index contributed by atoms with van der Waals surface area (Å²) in [4.78, 5) is 11.7. The van der Waals surface area contributed by atoms with Crippen LogP contribution in [-0.2, 0) is 11.8 Å². The van der Waals surface area contributed by atoms with Crippen molar-refractivity contribution >= 4 is 17.5 Å². The summed E-state index contributed by atoms with van der Waals surface area (Å²) in [7, 11) is 1.81. The van der Waals surface area contributed by atoms with Gasteiger partial charge in [-0.1, -0.05) is 0 Å². The molecule has 0 unspecified atom stereocenters. The van der Waals surface area contributed by atoms with E-state index in [0.29, 0.717) is 31.2 Å². The van der Waals surface area contributed by atoms with E-state index in [4.69, 9.17) is 16.3 Å². The molecule has 0 bridgehead atoms. The van der Waals surface area contributed by atoms with E-state index in [1.54, 1.807) is 10.9 Å². The first-order valence-corrected chi connectivity index (χ1v) is 6.10. The smallest absolute Gasteiger partial charge is 0.254 e. The highest BCUT2D eigenvalue weighted by molar-refractivity contribution is 6.17. The van der Waals surface area contributed by atoms with Crippen LogP contribution in [0.3, 0.4) is 0 Å². The summed E-state index contributed by atoms with van der Waals surface area (Å²) in [6.45, 7) is 3.62. The van der Waals surface area contributed by atoms with Crippen LogP contribution in [0.2, 0.25) is 0 Å². The average Bonchev–Trinajstić information content (AvgIpc) is 2.64. The molecule has 0 aromatic carbocycles. The van der Waals surface area contributed by atoms with Crippen molar-refractivity contribution < 1.29 is 9.53 Å². The van der Waals surface area contributed by atoms with Crippen LogP contribution < -0.4 is 5.32 Å². The third-order valence-electron chi connectivity index (χ3n) is 2.45. The minimum absolute atomic E-state index is 0.0899. The minimum atomic E-state index is -0.0899. The number of nitrogens with one attached hydrogen (secondary N) is 1. The fourth-order valence-electron chi connectivity index (χ4n) is 1.35. The second-order valence-electron chi connectivity index (χ2n) is 3.68. The normalized spacial score (nSPS) is 10.5. The van der Waals surface area contributed by atoms with E-state index >= 15 is 0 Å². The molecule has 1 heterocycles. The number of nitrogens with zero attached hydrogens (tertiary/aromatic N) is 2. The summed E-state index contributed by atoms with van der Waals surface area (Å²) < 4.78 is 6.88. The van der Waals surface area contributed by atoms with E-state index in [1.165, 1.54) is 0 Å². The van der Waals surface area contributed by atoms with Gasteiger partial charge < -0.3 is 10.1 Å². The van der Waals surface area contributed by atoms with Crippen LogP contribution in [0.25, 0.3) is 0 Å². The SMILES string of the molecule is Cc1c(C(=O)NCCCOCCCl)cnn1C. The number of halogens is 1. The predicted octanol–water partition coefficient (Wildman–Crippen LogP) is 1.10. The van der Waals surface area contributed by atoms with Gasteiger partial charge in [-0.3, -0.25) is 9.48 Å². The van der Waals surface area contributed by atoms with Gasteiger partial charge in [-0.05, 0) is 13.3 Å². The lowest BCUT2D eigenvalue weighted by Crippen LogP contribution is -2.25. The van der Waals surface area contributed by atoms with Gasteiger partial charge in [0.1, 0.15) is 0 Å².